The zero-order valence-electron chi connectivity index (χ0n) is 11.4. The first kappa shape index (κ1) is 12.5. The van der Waals surface area contributed by atoms with Crippen molar-refractivity contribution in [1.82, 2.24) is 0 Å². The first-order chi connectivity index (χ1) is 8.24. The molecule has 0 radical (unpaired) electrons. The van der Waals surface area contributed by atoms with Gasteiger partial charge in [0.1, 0.15) is 5.75 Å². The van der Waals surface area contributed by atoms with E-state index in [0.29, 0.717) is 0 Å². The van der Waals surface area contributed by atoms with Crippen LogP contribution in [0.4, 0.5) is 0 Å². The molecule has 1 aromatic rings. The largest absolute Gasteiger partial charge is 0.494 e. The number of rotatable bonds is 3. The summed E-state index contributed by atoms with van der Waals surface area (Å²) < 4.78 is 5.66. The van der Waals surface area contributed by atoms with Crippen molar-refractivity contribution >= 4 is 0 Å². The molecule has 0 bridgehead atoms. The maximum absolute atomic E-state index is 5.66. The van der Waals surface area contributed by atoms with Crippen molar-refractivity contribution in [2.24, 2.45) is 0 Å². The van der Waals surface area contributed by atoms with Crippen LogP contribution in [0.3, 0.4) is 0 Å². The van der Waals surface area contributed by atoms with Gasteiger partial charge in [-0.2, -0.15) is 0 Å². The number of ether oxygens (including phenoxy) is 1. The molecular formula is C16H24O. The molecular weight excluding hydrogens is 208 g/mol. The summed E-state index contributed by atoms with van der Waals surface area (Å²) in [4.78, 5) is 0. The first-order valence-corrected chi connectivity index (χ1v) is 6.97. The predicted molar refractivity (Wildman–Crippen MR) is 72.9 cm³/mol. The van der Waals surface area contributed by atoms with E-state index in [0.717, 1.165) is 18.3 Å². The van der Waals surface area contributed by atoms with Crippen molar-refractivity contribution in [3.63, 3.8) is 0 Å². The second-order valence-electron chi connectivity index (χ2n) is 5.17. The van der Waals surface area contributed by atoms with Gasteiger partial charge in [0.2, 0.25) is 0 Å². The Morgan fingerprint density at radius 1 is 1.06 bits per heavy atom. The van der Waals surface area contributed by atoms with Crippen LogP contribution < -0.4 is 4.74 Å². The first-order valence-electron chi connectivity index (χ1n) is 6.97. The van der Waals surface area contributed by atoms with E-state index >= 15 is 0 Å². The van der Waals surface area contributed by atoms with Crippen molar-refractivity contribution in [2.45, 2.75) is 58.8 Å². The highest BCUT2D eigenvalue weighted by molar-refractivity contribution is 5.45. The summed E-state index contributed by atoms with van der Waals surface area (Å²) in [5.74, 6) is 1.85. The molecule has 0 spiro atoms. The molecule has 0 unspecified atom stereocenters. The molecule has 0 N–H and O–H groups in total. The van der Waals surface area contributed by atoms with Gasteiger partial charge in [-0.3, -0.25) is 0 Å². The zero-order chi connectivity index (χ0) is 12.3. The van der Waals surface area contributed by atoms with Gasteiger partial charge in [0.05, 0.1) is 6.61 Å². The Hall–Kier alpha value is -0.980. The molecule has 1 fully saturated rings. The van der Waals surface area contributed by atoms with Crippen LogP contribution in [0, 0.1) is 13.8 Å². The third-order valence-corrected chi connectivity index (χ3v) is 4.12. The monoisotopic (exact) mass is 232 g/mol. The minimum Gasteiger partial charge on any atom is -0.494 e. The van der Waals surface area contributed by atoms with E-state index in [4.69, 9.17) is 4.74 Å². The molecule has 1 aliphatic carbocycles. The lowest BCUT2D eigenvalue weighted by molar-refractivity contribution is 0.337. The fraction of sp³-hybridized carbons (Fsp3) is 0.625. The molecule has 1 nitrogen and oxygen atoms in total. The maximum Gasteiger partial charge on any atom is 0.122 e. The second-order valence-corrected chi connectivity index (χ2v) is 5.17. The van der Waals surface area contributed by atoms with Gasteiger partial charge in [-0.1, -0.05) is 25.3 Å². The van der Waals surface area contributed by atoms with E-state index in [1.54, 1.807) is 5.56 Å². The Kier molecular flexibility index (Phi) is 4.09. The van der Waals surface area contributed by atoms with Gasteiger partial charge < -0.3 is 4.74 Å². The van der Waals surface area contributed by atoms with Crippen molar-refractivity contribution < 1.29 is 4.74 Å². The Morgan fingerprint density at radius 2 is 1.76 bits per heavy atom. The minimum absolute atomic E-state index is 0.753. The lowest BCUT2D eigenvalue weighted by Crippen LogP contribution is -2.07. The topological polar surface area (TPSA) is 9.23 Å². The molecule has 0 aromatic heterocycles. The molecule has 94 valence electrons. The Labute approximate surface area is 105 Å². The fourth-order valence-corrected chi connectivity index (χ4v) is 2.98. The average Bonchev–Trinajstić information content (AvgIpc) is 2.36. The van der Waals surface area contributed by atoms with Crippen molar-refractivity contribution in [2.75, 3.05) is 6.61 Å². The molecule has 0 saturated heterocycles. The van der Waals surface area contributed by atoms with Crippen LogP contribution in [0.15, 0.2) is 12.1 Å². The molecule has 0 atom stereocenters. The summed E-state index contributed by atoms with van der Waals surface area (Å²) in [7, 11) is 0. The van der Waals surface area contributed by atoms with Crippen LogP contribution in [0.2, 0.25) is 0 Å². The van der Waals surface area contributed by atoms with E-state index < -0.39 is 0 Å². The van der Waals surface area contributed by atoms with Gasteiger partial charge in [-0.15, -0.1) is 0 Å². The number of hydrogen-bond acceptors (Lipinski definition) is 1. The predicted octanol–water partition coefficient (Wildman–Crippen LogP) is 4.75. The standard InChI is InChI=1S/C16H24O/c1-4-17-16-11-10-15(12(2)13(16)3)14-8-6-5-7-9-14/h10-11,14H,4-9H2,1-3H3. The third kappa shape index (κ3) is 2.65. The van der Waals surface area contributed by atoms with Crippen LogP contribution in [0.25, 0.3) is 0 Å². The van der Waals surface area contributed by atoms with E-state index in [-0.39, 0.29) is 0 Å². The minimum atomic E-state index is 0.753. The molecule has 1 heteroatoms. The number of hydrogen-bond donors (Lipinski definition) is 0. The molecule has 2 rings (SSSR count). The van der Waals surface area contributed by atoms with E-state index in [1.807, 2.05) is 6.92 Å². The Morgan fingerprint density at radius 3 is 2.41 bits per heavy atom. The molecule has 0 aliphatic heterocycles. The Bertz CT molecular complexity index is 375. The summed E-state index contributed by atoms with van der Waals surface area (Å²) in [6.45, 7) is 7.24. The fourth-order valence-electron chi connectivity index (χ4n) is 2.98. The van der Waals surface area contributed by atoms with Gasteiger partial charge in [-0.25, -0.2) is 0 Å². The average molecular weight is 232 g/mol. The van der Waals surface area contributed by atoms with E-state index in [2.05, 4.69) is 26.0 Å². The smallest absolute Gasteiger partial charge is 0.122 e. The molecule has 1 aromatic carbocycles. The lowest BCUT2D eigenvalue weighted by atomic mass is 9.81. The summed E-state index contributed by atoms with van der Waals surface area (Å²) >= 11 is 0. The normalized spacial score (nSPS) is 17.1. The molecule has 0 amide bonds. The Balaban J connectivity index is 2.26. The molecule has 1 aliphatic rings. The van der Waals surface area contributed by atoms with Gasteiger partial charge in [0.15, 0.2) is 0 Å². The SMILES string of the molecule is CCOc1ccc(C2CCCCC2)c(C)c1C. The van der Waals surface area contributed by atoms with Crippen LogP contribution in [-0.2, 0) is 0 Å². The molecule has 1 saturated carbocycles. The van der Waals surface area contributed by atoms with Crippen molar-refractivity contribution in [3.8, 4) is 5.75 Å². The summed E-state index contributed by atoms with van der Waals surface area (Å²) in [5, 5.41) is 0. The van der Waals surface area contributed by atoms with Gasteiger partial charge in [0.25, 0.3) is 0 Å². The summed E-state index contributed by atoms with van der Waals surface area (Å²) in [5.41, 5.74) is 4.34. The highest BCUT2D eigenvalue weighted by atomic mass is 16.5. The zero-order valence-corrected chi connectivity index (χ0v) is 11.4. The number of benzene rings is 1. The van der Waals surface area contributed by atoms with E-state index in [9.17, 15) is 0 Å². The van der Waals surface area contributed by atoms with Gasteiger partial charge in [-0.05, 0) is 62.3 Å². The van der Waals surface area contributed by atoms with Crippen LogP contribution in [-0.4, -0.2) is 6.61 Å². The van der Waals surface area contributed by atoms with Crippen molar-refractivity contribution in [3.05, 3.63) is 28.8 Å². The summed E-state index contributed by atoms with van der Waals surface area (Å²) in [6, 6.07) is 4.46. The van der Waals surface area contributed by atoms with Crippen LogP contribution in [0.5, 0.6) is 5.75 Å². The highest BCUT2D eigenvalue weighted by Crippen LogP contribution is 2.37. The quantitative estimate of drug-likeness (QED) is 0.730. The highest BCUT2D eigenvalue weighted by Gasteiger charge is 2.18. The molecule has 0 heterocycles. The van der Waals surface area contributed by atoms with Crippen LogP contribution in [0.1, 0.15) is 61.6 Å². The van der Waals surface area contributed by atoms with E-state index in [1.165, 1.54) is 43.2 Å². The van der Waals surface area contributed by atoms with Crippen LogP contribution >= 0.6 is 0 Å². The second kappa shape index (κ2) is 5.57. The van der Waals surface area contributed by atoms with Crippen molar-refractivity contribution in [1.29, 1.82) is 0 Å². The maximum atomic E-state index is 5.66. The summed E-state index contributed by atoms with van der Waals surface area (Å²) in [6.07, 6.45) is 6.96. The molecule has 17 heavy (non-hydrogen) atoms. The third-order valence-electron chi connectivity index (χ3n) is 4.12. The van der Waals surface area contributed by atoms with Gasteiger partial charge in [0, 0.05) is 0 Å². The van der Waals surface area contributed by atoms with Gasteiger partial charge >= 0.3 is 0 Å². The lowest BCUT2D eigenvalue weighted by Gasteiger charge is -2.25.